The molecular formula is C12H17NO4. The Labute approximate surface area is 100 Å². The van der Waals surface area contributed by atoms with E-state index < -0.39 is 18.1 Å². The van der Waals surface area contributed by atoms with Gasteiger partial charge in [0.05, 0.1) is 19.3 Å². The van der Waals surface area contributed by atoms with Crippen LogP contribution in [0.5, 0.6) is 11.5 Å². The van der Waals surface area contributed by atoms with Gasteiger partial charge in [-0.05, 0) is 24.6 Å². The van der Waals surface area contributed by atoms with Crippen LogP contribution in [0.15, 0.2) is 18.2 Å². The third kappa shape index (κ3) is 3.44. The molecule has 1 aromatic rings. The van der Waals surface area contributed by atoms with E-state index in [9.17, 15) is 9.90 Å². The largest absolute Gasteiger partial charge is 0.493 e. The Morgan fingerprint density at radius 3 is 2.53 bits per heavy atom. The number of ether oxygens (including phenoxy) is 2. The summed E-state index contributed by atoms with van der Waals surface area (Å²) in [6.45, 7) is 2.92. The number of nitrogens with two attached hydrogens (primary N) is 1. The summed E-state index contributed by atoms with van der Waals surface area (Å²) < 4.78 is 10.1. The molecule has 1 aromatic carbocycles. The van der Waals surface area contributed by atoms with E-state index in [-0.39, 0.29) is 0 Å². The molecule has 94 valence electrons. The van der Waals surface area contributed by atoms with Gasteiger partial charge < -0.3 is 20.3 Å². The number of benzene rings is 1. The molecule has 0 unspecified atom stereocenters. The SMILES string of the molecule is COc1cc([C@H](N)[C@@H](C)O)ccc1OC(C)=O. The lowest BCUT2D eigenvalue weighted by atomic mass is 10.0. The van der Waals surface area contributed by atoms with Crippen LogP contribution in [0.4, 0.5) is 0 Å². The molecule has 0 bridgehead atoms. The van der Waals surface area contributed by atoms with Crippen molar-refractivity contribution in [3.63, 3.8) is 0 Å². The molecule has 0 heterocycles. The number of hydrogen-bond donors (Lipinski definition) is 2. The molecule has 0 aliphatic rings. The van der Waals surface area contributed by atoms with Gasteiger partial charge in [-0.25, -0.2) is 0 Å². The molecule has 0 radical (unpaired) electrons. The third-order valence-corrected chi connectivity index (χ3v) is 2.35. The molecule has 0 amide bonds. The zero-order chi connectivity index (χ0) is 13.0. The number of carbonyl (C=O) groups excluding carboxylic acids is 1. The summed E-state index contributed by atoms with van der Waals surface area (Å²) in [5.74, 6) is 0.325. The maximum absolute atomic E-state index is 10.9. The molecule has 0 saturated carbocycles. The average molecular weight is 239 g/mol. The summed E-state index contributed by atoms with van der Waals surface area (Å²) in [6.07, 6.45) is -0.667. The fourth-order valence-corrected chi connectivity index (χ4v) is 1.41. The van der Waals surface area contributed by atoms with Gasteiger partial charge in [0, 0.05) is 6.92 Å². The van der Waals surface area contributed by atoms with Crippen molar-refractivity contribution in [2.24, 2.45) is 5.73 Å². The number of esters is 1. The van der Waals surface area contributed by atoms with Crippen LogP contribution >= 0.6 is 0 Å². The lowest BCUT2D eigenvalue weighted by Crippen LogP contribution is -2.23. The van der Waals surface area contributed by atoms with Gasteiger partial charge in [-0.2, -0.15) is 0 Å². The van der Waals surface area contributed by atoms with Gasteiger partial charge in [-0.1, -0.05) is 6.07 Å². The summed E-state index contributed by atoms with van der Waals surface area (Å²) in [6, 6.07) is 4.43. The van der Waals surface area contributed by atoms with Crippen LogP contribution < -0.4 is 15.2 Å². The van der Waals surface area contributed by atoms with Crippen molar-refractivity contribution >= 4 is 5.97 Å². The van der Waals surface area contributed by atoms with E-state index >= 15 is 0 Å². The van der Waals surface area contributed by atoms with E-state index in [1.807, 2.05) is 0 Å². The van der Waals surface area contributed by atoms with Gasteiger partial charge in [0.2, 0.25) is 0 Å². The second kappa shape index (κ2) is 5.65. The van der Waals surface area contributed by atoms with Crippen LogP contribution in [0.2, 0.25) is 0 Å². The van der Waals surface area contributed by atoms with Gasteiger partial charge in [-0.15, -0.1) is 0 Å². The molecule has 0 aliphatic heterocycles. The Bertz CT molecular complexity index is 403. The normalized spacial score (nSPS) is 13.9. The second-order valence-electron chi connectivity index (χ2n) is 3.77. The quantitative estimate of drug-likeness (QED) is 0.605. The van der Waals surface area contributed by atoms with Crippen molar-refractivity contribution in [1.82, 2.24) is 0 Å². The van der Waals surface area contributed by atoms with Crippen molar-refractivity contribution in [3.05, 3.63) is 23.8 Å². The number of aliphatic hydroxyl groups is 1. The Hall–Kier alpha value is -1.59. The van der Waals surface area contributed by atoms with Crippen molar-refractivity contribution in [2.45, 2.75) is 26.0 Å². The predicted octanol–water partition coefficient (Wildman–Crippen LogP) is 1.00. The number of carbonyl (C=O) groups is 1. The summed E-state index contributed by atoms with van der Waals surface area (Å²) in [5, 5.41) is 9.40. The number of rotatable bonds is 4. The van der Waals surface area contributed by atoms with E-state index in [4.69, 9.17) is 15.2 Å². The first-order chi connectivity index (χ1) is 7.95. The first kappa shape index (κ1) is 13.5. The Morgan fingerprint density at radius 2 is 2.06 bits per heavy atom. The molecule has 17 heavy (non-hydrogen) atoms. The molecule has 0 fully saturated rings. The highest BCUT2D eigenvalue weighted by Gasteiger charge is 2.15. The van der Waals surface area contributed by atoms with Gasteiger partial charge in [-0.3, -0.25) is 4.79 Å². The zero-order valence-electron chi connectivity index (χ0n) is 10.1. The molecule has 5 nitrogen and oxygen atoms in total. The van der Waals surface area contributed by atoms with Gasteiger partial charge in [0.25, 0.3) is 0 Å². The zero-order valence-corrected chi connectivity index (χ0v) is 10.1. The molecule has 1 rings (SSSR count). The number of aliphatic hydroxyl groups excluding tert-OH is 1. The van der Waals surface area contributed by atoms with E-state index in [0.29, 0.717) is 17.1 Å². The Kier molecular flexibility index (Phi) is 4.48. The van der Waals surface area contributed by atoms with Crippen LogP contribution in [-0.4, -0.2) is 24.3 Å². The number of methoxy groups -OCH3 is 1. The number of hydrogen-bond acceptors (Lipinski definition) is 5. The van der Waals surface area contributed by atoms with Crippen molar-refractivity contribution < 1.29 is 19.4 Å². The molecule has 5 heteroatoms. The average Bonchev–Trinajstić information content (AvgIpc) is 2.27. The monoisotopic (exact) mass is 239 g/mol. The maximum Gasteiger partial charge on any atom is 0.308 e. The molecule has 0 aliphatic carbocycles. The molecule has 3 N–H and O–H groups in total. The lowest BCUT2D eigenvalue weighted by Gasteiger charge is -2.17. The molecule has 0 aromatic heterocycles. The molecular weight excluding hydrogens is 222 g/mol. The maximum atomic E-state index is 10.9. The van der Waals surface area contributed by atoms with Crippen molar-refractivity contribution in [2.75, 3.05) is 7.11 Å². The van der Waals surface area contributed by atoms with E-state index in [2.05, 4.69) is 0 Å². The summed E-state index contributed by atoms with van der Waals surface area (Å²) >= 11 is 0. The van der Waals surface area contributed by atoms with E-state index in [0.717, 1.165) is 0 Å². The minimum atomic E-state index is -0.667. The van der Waals surface area contributed by atoms with E-state index in [1.54, 1.807) is 25.1 Å². The highest BCUT2D eigenvalue weighted by Crippen LogP contribution is 2.30. The van der Waals surface area contributed by atoms with Gasteiger partial charge >= 0.3 is 5.97 Å². The third-order valence-electron chi connectivity index (χ3n) is 2.35. The van der Waals surface area contributed by atoms with Crippen LogP contribution in [0, 0.1) is 0 Å². The highest BCUT2D eigenvalue weighted by molar-refractivity contribution is 5.70. The minimum absolute atomic E-state index is 0.335. The van der Waals surface area contributed by atoms with Crippen LogP contribution in [0.25, 0.3) is 0 Å². The summed E-state index contributed by atoms with van der Waals surface area (Å²) in [7, 11) is 1.47. The van der Waals surface area contributed by atoms with Crippen molar-refractivity contribution in [1.29, 1.82) is 0 Å². The summed E-state index contributed by atoms with van der Waals surface area (Å²) in [4.78, 5) is 10.9. The molecule has 0 spiro atoms. The fraction of sp³-hybridized carbons (Fsp3) is 0.417. The topological polar surface area (TPSA) is 81.8 Å². The minimum Gasteiger partial charge on any atom is -0.493 e. The van der Waals surface area contributed by atoms with Gasteiger partial charge in [0.15, 0.2) is 11.5 Å². The Morgan fingerprint density at radius 1 is 1.41 bits per heavy atom. The smallest absolute Gasteiger partial charge is 0.308 e. The molecule has 0 saturated heterocycles. The second-order valence-corrected chi connectivity index (χ2v) is 3.77. The first-order valence-electron chi connectivity index (χ1n) is 5.25. The highest BCUT2D eigenvalue weighted by atomic mass is 16.6. The predicted molar refractivity (Wildman–Crippen MR) is 62.9 cm³/mol. The van der Waals surface area contributed by atoms with Crippen molar-refractivity contribution in [3.8, 4) is 11.5 Å². The van der Waals surface area contributed by atoms with Crippen LogP contribution in [0.3, 0.4) is 0 Å². The Balaban J connectivity index is 3.03. The van der Waals surface area contributed by atoms with Gasteiger partial charge in [0.1, 0.15) is 0 Å². The van der Waals surface area contributed by atoms with E-state index in [1.165, 1.54) is 14.0 Å². The molecule has 2 atom stereocenters. The standard InChI is InChI=1S/C12H17NO4/c1-7(14)12(13)9-4-5-10(17-8(2)15)11(6-9)16-3/h4-7,12,14H,13H2,1-3H3/t7-,12-/m1/s1. The lowest BCUT2D eigenvalue weighted by molar-refractivity contribution is -0.132. The van der Waals surface area contributed by atoms with Crippen LogP contribution in [0.1, 0.15) is 25.5 Å². The first-order valence-corrected chi connectivity index (χ1v) is 5.25. The fourth-order valence-electron chi connectivity index (χ4n) is 1.41. The summed E-state index contributed by atoms with van der Waals surface area (Å²) in [5.41, 5.74) is 6.51. The van der Waals surface area contributed by atoms with Crippen LogP contribution in [-0.2, 0) is 4.79 Å².